The third-order valence-electron chi connectivity index (χ3n) is 2.32. The van der Waals surface area contributed by atoms with Crippen LogP contribution in [0.3, 0.4) is 0 Å². The van der Waals surface area contributed by atoms with E-state index in [2.05, 4.69) is 25.6 Å². The van der Waals surface area contributed by atoms with Crippen molar-refractivity contribution >= 4 is 11.9 Å². The largest absolute Gasteiger partial charge is 0.467 e. The van der Waals surface area contributed by atoms with E-state index in [4.69, 9.17) is 9.84 Å². The van der Waals surface area contributed by atoms with Crippen molar-refractivity contribution in [2.45, 2.75) is 25.8 Å². The van der Waals surface area contributed by atoms with Gasteiger partial charge in [0.15, 0.2) is 0 Å². The van der Waals surface area contributed by atoms with E-state index >= 15 is 0 Å². The Bertz CT molecular complexity index is 325. The lowest BCUT2D eigenvalue weighted by molar-refractivity contribution is 0.278. The molecule has 1 aromatic rings. The van der Waals surface area contributed by atoms with Crippen LogP contribution in [0.5, 0.6) is 6.01 Å². The second-order valence-corrected chi connectivity index (χ2v) is 3.48. The van der Waals surface area contributed by atoms with Gasteiger partial charge in [0.2, 0.25) is 11.9 Å². The summed E-state index contributed by atoms with van der Waals surface area (Å²) in [5.74, 6) is 0.889. The maximum atomic E-state index is 8.92. The monoisotopic (exact) mass is 241 g/mol. The molecule has 0 aliphatic carbocycles. The highest BCUT2D eigenvalue weighted by molar-refractivity contribution is 5.36. The van der Waals surface area contributed by atoms with Crippen LogP contribution in [0.4, 0.5) is 11.9 Å². The molecule has 3 N–H and O–H groups in total. The van der Waals surface area contributed by atoms with Crippen molar-refractivity contribution in [3.63, 3.8) is 0 Å². The molecule has 0 amide bonds. The Morgan fingerprint density at radius 3 is 2.53 bits per heavy atom. The number of anilines is 2. The second kappa shape index (κ2) is 6.85. The van der Waals surface area contributed by atoms with Crippen LogP contribution in [0.2, 0.25) is 0 Å². The first-order chi connectivity index (χ1) is 8.23. The Balaban J connectivity index is 2.81. The zero-order valence-electron chi connectivity index (χ0n) is 10.4. The number of nitrogens with zero attached hydrogens (tertiary/aromatic N) is 3. The molecule has 0 aliphatic rings. The van der Waals surface area contributed by atoms with Crippen molar-refractivity contribution in [2.75, 3.05) is 31.4 Å². The van der Waals surface area contributed by atoms with Crippen LogP contribution in [-0.4, -0.2) is 46.9 Å². The van der Waals surface area contributed by atoms with E-state index < -0.39 is 0 Å². The van der Waals surface area contributed by atoms with Gasteiger partial charge in [-0.15, -0.1) is 0 Å². The Hall–Kier alpha value is -1.63. The Labute approximate surface area is 101 Å². The van der Waals surface area contributed by atoms with Gasteiger partial charge in [-0.2, -0.15) is 15.0 Å². The SMILES string of the molecule is CCC(CCO)Nc1nc(NC)nc(OC)n1. The Morgan fingerprint density at radius 2 is 2.00 bits per heavy atom. The quantitative estimate of drug-likeness (QED) is 0.640. The van der Waals surface area contributed by atoms with Crippen LogP contribution in [0.1, 0.15) is 19.8 Å². The lowest BCUT2D eigenvalue weighted by atomic mass is 10.2. The molecule has 1 heterocycles. The zero-order chi connectivity index (χ0) is 12.7. The fourth-order valence-electron chi connectivity index (χ4n) is 1.34. The van der Waals surface area contributed by atoms with Crippen molar-refractivity contribution < 1.29 is 9.84 Å². The lowest BCUT2D eigenvalue weighted by Crippen LogP contribution is -2.22. The average molecular weight is 241 g/mol. The first-order valence-corrected chi connectivity index (χ1v) is 5.58. The minimum absolute atomic E-state index is 0.132. The predicted molar refractivity (Wildman–Crippen MR) is 65.3 cm³/mol. The summed E-state index contributed by atoms with van der Waals surface area (Å²) in [6.45, 7) is 2.16. The molecule has 0 fully saturated rings. The van der Waals surface area contributed by atoms with E-state index in [0.29, 0.717) is 18.3 Å². The predicted octanol–water partition coefficient (Wildman–Crippen LogP) is 0.495. The molecule has 0 saturated carbocycles. The summed E-state index contributed by atoms with van der Waals surface area (Å²) in [4.78, 5) is 12.3. The van der Waals surface area contributed by atoms with Gasteiger partial charge < -0.3 is 20.5 Å². The molecule has 7 heteroatoms. The van der Waals surface area contributed by atoms with Crippen LogP contribution in [0.25, 0.3) is 0 Å². The fraction of sp³-hybridized carbons (Fsp3) is 0.700. The molecular weight excluding hydrogens is 222 g/mol. The van der Waals surface area contributed by atoms with Gasteiger partial charge in [-0.1, -0.05) is 6.92 Å². The van der Waals surface area contributed by atoms with E-state index in [1.54, 1.807) is 7.05 Å². The molecule has 0 aromatic carbocycles. The number of aliphatic hydroxyl groups is 1. The molecule has 1 unspecified atom stereocenters. The first kappa shape index (κ1) is 13.4. The summed E-state index contributed by atoms with van der Waals surface area (Å²) in [5, 5.41) is 14.9. The van der Waals surface area contributed by atoms with E-state index in [-0.39, 0.29) is 18.7 Å². The number of methoxy groups -OCH3 is 1. The molecule has 0 saturated heterocycles. The maximum Gasteiger partial charge on any atom is 0.322 e. The van der Waals surface area contributed by atoms with Crippen molar-refractivity contribution in [1.29, 1.82) is 0 Å². The fourth-order valence-corrected chi connectivity index (χ4v) is 1.34. The minimum atomic E-state index is 0.132. The van der Waals surface area contributed by atoms with Crippen molar-refractivity contribution in [1.82, 2.24) is 15.0 Å². The van der Waals surface area contributed by atoms with Crippen LogP contribution >= 0.6 is 0 Å². The highest BCUT2D eigenvalue weighted by atomic mass is 16.5. The van der Waals surface area contributed by atoms with Crippen LogP contribution in [0.15, 0.2) is 0 Å². The normalized spacial score (nSPS) is 12.0. The lowest BCUT2D eigenvalue weighted by Gasteiger charge is -2.16. The van der Waals surface area contributed by atoms with Crippen molar-refractivity contribution in [2.24, 2.45) is 0 Å². The average Bonchev–Trinajstić information content (AvgIpc) is 2.37. The van der Waals surface area contributed by atoms with Gasteiger partial charge in [-0.25, -0.2) is 0 Å². The highest BCUT2D eigenvalue weighted by Gasteiger charge is 2.10. The molecule has 17 heavy (non-hydrogen) atoms. The number of aromatic nitrogens is 3. The Morgan fingerprint density at radius 1 is 1.29 bits per heavy atom. The third-order valence-corrected chi connectivity index (χ3v) is 2.32. The first-order valence-electron chi connectivity index (χ1n) is 5.58. The molecule has 0 bridgehead atoms. The topological polar surface area (TPSA) is 92.2 Å². The number of ether oxygens (including phenoxy) is 1. The molecule has 0 radical (unpaired) electrons. The molecule has 1 atom stereocenters. The molecule has 0 aliphatic heterocycles. The van der Waals surface area contributed by atoms with E-state index in [1.807, 2.05) is 6.92 Å². The van der Waals surface area contributed by atoms with Crippen molar-refractivity contribution in [3.8, 4) is 6.01 Å². The number of hydrogen-bond acceptors (Lipinski definition) is 7. The Kier molecular flexibility index (Phi) is 5.41. The van der Waals surface area contributed by atoms with Gasteiger partial charge in [-0.3, -0.25) is 0 Å². The second-order valence-electron chi connectivity index (χ2n) is 3.48. The van der Waals surface area contributed by atoms with Crippen molar-refractivity contribution in [3.05, 3.63) is 0 Å². The van der Waals surface area contributed by atoms with Crippen LogP contribution in [0, 0.1) is 0 Å². The molecule has 1 aromatic heterocycles. The summed E-state index contributed by atoms with van der Waals surface area (Å²) in [5.41, 5.74) is 0. The molecule has 1 rings (SSSR count). The van der Waals surface area contributed by atoms with Gasteiger partial charge in [0.05, 0.1) is 7.11 Å². The summed E-state index contributed by atoms with van der Waals surface area (Å²) in [7, 11) is 3.23. The molecule has 7 nitrogen and oxygen atoms in total. The minimum Gasteiger partial charge on any atom is -0.467 e. The summed E-state index contributed by atoms with van der Waals surface area (Å²) >= 11 is 0. The number of aliphatic hydroxyl groups excluding tert-OH is 1. The molecule has 96 valence electrons. The number of hydrogen-bond donors (Lipinski definition) is 3. The standard InChI is InChI=1S/C10H19N5O2/c1-4-7(5-6-16)12-9-13-8(11-2)14-10(15-9)17-3/h7,16H,4-6H2,1-3H3,(H2,11,12,13,14,15). The van der Waals surface area contributed by atoms with Crippen LogP contribution < -0.4 is 15.4 Å². The summed E-state index contributed by atoms with van der Waals surface area (Å²) < 4.78 is 4.98. The van der Waals surface area contributed by atoms with E-state index in [1.165, 1.54) is 7.11 Å². The van der Waals surface area contributed by atoms with Gasteiger partial charge in [0.25, 0.3) is 0 Å². The summed E-state index contributed by atoms with van der Waals surface area (Å²) in [6, 6.07) is 0.391. The van der Waals surface area contributed by atoms with Gasteiger partial charge >= 0.3 is 6.01 Å². The molecular formula is C10H19N5O2. The number of nitrogens with one attached hydrogen (secondary N) is 2. The van der Waals surface area contributed by atoms with E-state index in [0.717, 1.165) is 6.42 Å². The summed E-state index contributed by atoms with van der Waals surface area (Å²) in [6.07, 6.45) is 1.53. The van der Waals surface area contributed by atoms with Gasteiger partial charge in [-0.05, 0) is 12.8 Å². The zero-order valence-corrected chi connectivity index (χ0v) is 10.4. The van der Waals surface area contributed by atoms with E-state index in [9.17, 15) is 0 Å². The van der Waals surface area contributed by atoms with Gasteiger partial charge in [0.1, 0.15) is 0 Å². The van der Waals surface area contributed by atoms with Gasteiger partial charge in [0, 0.05) is 19.7 Å². The maximum absolute atomic E-state index is 8.92. The smallest absolute Gasteiger partial charge is 0.322 e. The van der Waals surface area contributed by atoms with Crippen LogP contribution in [-0.2, 0) is 0 Å². The molecule has 0 spiro atoms. The third kappa shape index (κ3) is 4.03. The number of rotatable bonds is 7. The highest BCUT2D eigenvalue weighted by Crippen LogP contribution is 2.12.